The fourth-order valence-corrected chi connectivity index (χ4v) is 2.78. The van der Waals surface area contributed by atoms with E-state index in [0.717, 1.165) is 29.6 Å². The van der Waals surface area contributed by atoms with E-state index in [0.29, 0.717) is 12.0 Å². The highest BCUT2D eigenvalue weighted by molar-refractivity contribution is 6.31. The molecule has 2 unspecified atom stereocenters. The van der Waals surface area contributed by atoms with E-state index in [1.165, 1.54) is 12.8 Å². The van der Waals surface area contributed by atoms with Gasteiger partial charge in [0.25, 0.3) is 0 Å². The van der Waals surface area contributed by atoms with Gasteiger partial charge in [0, 0.05) is 7.05 Å². The van der Waals surface area contributed by atoms with Gasteiger partial charge in [-0.3, -0.25) is 4.68 Å². The zero-order valence-electron chi connectivity index (χ0n) is 10.9. The summed E-state index contributed by atoms with van der Waals surface area (Å²) in [6.07, 6.45) is 5.61. The van der Waals surface area contributed by atoms with Crippen molar-refractivity contribution in [3.63, 3.8) is 0 Å². The van der Waals surface area contributed by atoms with E-state index < -0.39 is 0 Å². The Kier molecular flexibility index (Phi) is 4.10. The van der Waals surface area contributed by atoms with Crippen molar-refractivity contribution < 1.29 is 0 Å². The summed E-state index contributed by atoms with van der Waals surface area (Å²) in [6, 6.07) is 0.336. The number of nitrogens with one attached hydrogen (secondary N) is 1. The summed E-state index contributed by atoms with van der Waals surface area (Å²) in [5.74, 6) is 1.49. The summed E-state index contributed by atoms with van der Waals surface area (Å²) >= 11 is 6.26. The van der Waals surface area contributed by atoms with Crippen molar-refractivity contribution in [2.24, 2.45) is 18.9 Å². The van der Waals surface area contributed by atoms with Gasteiger partial charge in [0.2, 0.25) is 0 Å². The predicted molar refractivity (Wildman–Crippen MR) is 71.1 cm³/mol. The highest BCUT2D eigenvalue weighted by Crippen LogP contribution is 2.43. The van der Waals surface area contributed by atoms with E-state index in [2.05, 4.69) is 24.3 Å². The average molecular weight is 256 g/mol. The highest BCUT2D eigenvalue weighted by atomic mass is 35.5. The molecule has 1 fully saturated rings. The van der Waals surface area contributed by atoms with Crippen molar-refractivity contribution in [1.82, 2.24) is 15.1 Å². The van der Waals surface area contributed by atoms with Gasteiger partial charge in [-0.15, -0.1) is 0 Å². The molecular weight excluding hydrogens is 234 g/mol. The third kappa shape index (κ3) is 2.83. The molecule has 2 rings (SSSR count). The minimum atomic E-state index is 0.336. The van der Waals surface area contributed by atoms with Gasteiger partial charge in [-0.2, -0.15) is 5.10 Å². The van der Waals surface area contributed by atoms with E-state index >= 15 is 0 Å². The first-order chi connectivity index (χ1) is 8.15. The molecular formula is C13H22ClN3. The smallest absolute Gasteiger partial charge is 0.0834 e. The summed E-state index contributed by atoms with van der Waals surface area (Å²) in [5, 5.41) is 8.67. The summed E-state index contributed by atoms with van der Waals surface area (Å²) in [7, 11) is 1.97. The first kappa shape index (κ1) is 12.9. The van der Waals surface area contributed by atoms with Crippen LogP contribution < -0.4 is 5.32 Å². The molecule has 0 spiro atoms. The SMILES string of the molecule is CCCNC(c1c(Cl)cnn1C)C(C)C1CC1. The van der Waals surface area contributed by atoms with Gasteiger partial charge < -0.3 is 5.32 Å². The molecule has 4 heteroatoms. The molecule has 1 aliphatic carbocycles. The Labute approximate surface area is 109 Å². The molecule has 1 heterocycles. The van der Waals surface area contributed by atoms with Crippen molar-refractivity contribution in [2.45, 2.75) is 39.2 Å². The highest BCUT2D eigenvalue weighted by Gasteiger charge is 2.35. The molecule has 1 saturated carbocycles. The van der Waals surface area contributed by atoms with E-state index in [9.17, 15) is 0 Å². The molecule has 3 nitrogen and oxygen atoms in total. The molecule has 0 aromatic carbocycles. The number of rotatable bonds is 6. The predicted octanol–water partition coefficient (Wildman–Crippen LogP) is 3.16. The Hall–Kier alpha value is -0.540. The molecule has 1 aromatic rings. The third-order valence-corrected chi connectivity index (χ3v) is 4.03. The lowest BCUT2D eigenvalue weighted by atomic mass is 9.93. The van der Waals surface area contributed by atoms with Gasteiger partial charge in [0.15, 0.2) is 0 Å². The van der Waals surface area contributed by atoms with Crippen LogP contribution in [0.5, 0.6) is 0 Å². The molecule has 0 radical (unpaired) electrons. The maximum atomic E-state index is 6.26. The molecule has 0 bridgehead atoms. The third-order valence-electron chi connectivity index (χ3n) is 3.74. The number of hydrogen-bond donors (Lipinski definition) is 1. The standard InChI is InChI=1S/C13H22ClN3/c1-4-7-15-12(9(2)10-5-6-10)13-11(14)8-16-17(13)3/h8-10,12,15H,4-7H2,1-3H3. The molecule has 1 aliphatic rings. The van der Waals surface area contributed by atoms with Crippen molar-refractivity contribution in [2.75, 3.05) is 6.54 Å². The number of hydrogen-bond acceptors (Lipinski definition) is 2. The lowest BCUT2D eigenvalue weighted by Gasteiger charge is -2.25. The molecule has 0 amide bonds. The van der Waals surface area contributed by atoms with Crippen molar-refractivity contribution in [3.05, 3.63) is 16.9 Å². The molecule has 1 aromatic heterocycles. The lowest BCUT2D eigenvalue weighted by molar-refractivity contribution is 0.334. The van der Waals surface area contributed by atoms with Crippen LogP contribution >= 0.6 is 11.6 Å². The van der Waals surface area contributed by atoms with E-state index in [1.807, 2.05) is 11.7 Å². The van der Waals surface area contributed by atoms with Crippen LogP contribution in [0.4, 0.5) is 0 Å². The molecule has 1 N–H and O–H groups in total. The van der Waals surface area contributed by atoms with Gasteiger partial charge in [-0.1, -0.05) is 25.4 Å². The molecule has 96 valence electrons. The maximum absolute atomic E-state index is 6.26. The van der Waals surface area contributed by atoms with E-state index in [1.54, 1.807) is 6.20 Å². The van der Waals surface area contributed by atoms with Crippen molar-refractivity contribution in [3.8, 4) is 0 Å². The monoisotopic (exact) mass is 255 g/mol. The van der Waals surface area contributed by atoms with Gasteiger partial charge in [0.1, 0.15) is 0 Å². The van der Waals surface area contributed by atoms with Crippen molar-refractivity contribution in [1.29, 1.82) is 0 Å². The van der Waals surface area contributed by atoms with Gasteiger partial charge in [-0.05, 0) is 37.6 Å². The van der Waals surface area contributed by atoms with Crippen LogP contribution in [0, 0.1) is 11.8 Å². The maximum Gasteiger partial charge on any atom is 0.0834 e. The number of halogens is 1. The summed E-state index contributed by atoms with van der Waals surface area (Å²) in [4.78, 5) is 0. The normalized spacial score (nSPS) is 19.3. The molecule has 0 aliphatic heterocycles. The van der Waals surface area contributed by atoms with Gasteiger partial charge in [-0.25, -0.2) is 0 Å². The van der Waals surface area contributed by atoms with Gasteiger partial charge in [0.05, 0.1) is 23.0 Å². The molecule has 2 atom stereocenters. The van der Waals surface area contributed by atoms with Crippen LogP contribution in [-0.4, -0.2) is 16.3 Å². The lowest BCUT2D eigenvalue weighted by Crippen LogP contribution is -2.30. The van der Waals surface area contributed by atoms with Crippen LogP contribution in [0.15, 0.2) is 6.20 Å². The zero-order chi connectivity index (χ0) is 12.4. The number of aryl methyl sites for hydroxylation is 1. The second kappa shape index (κ2) is 5.40. The second-order valence-electron chi connectivity index (χ2n) is 5.13. The quantitative estimate of drug-likeness (QED) is 0.846. The molecule has 0 saturated heterocycles. The van der Waals surface area contributed by atoms with Crippen molar-refractivity contribution >= 4 is 11.6 Å². The Bertz CT molecular complexity index is 351. The van der Waals surface area contributed by atoms with E-state index in [-0.39, 0.29) is 0 Å². The van der Waals surface area contributed by atoms with Crippen LogP contribution in [0.3, 0.4) is 0 Å². The Morgan fingerprint density at radius 1 is 1.59 bits per heavy atom. The van der Waals surface area contributed by atoms with Crippen LogP contribution in [-0.2, 0) is 7.05 Å². The first-order valence-electron chi connectivity index (χ1n) is 6.56. The summed E-state index contributed by atoms with van der Waals surface area (Å²) < 4.78 is 1.91. The van der Waals surface area contributed by atoms with Gasteiger partial charge >= 0.3 is 0 Å². The summed E-state index contributed by atoms with van der Waals surface area (Å²) in [6.45, 7) is 5.55. The summed E-state index contributed by atoms with van der Waals surface area (Å²) in [5.41, 5.74) is 1.14. The number of aromatic nitrogens is 2. The zero-order valence-corrected chi connectivity index (χ0v) is 11.7. The van der Waals surface area contributed by atoms with Crippen LogP contribution in [0.25, 0.3) is 0 Å². The topological polar surface area (TPSA) is 29.9 Å². The first-order valence-corrected chi connectivity index (χ1v) is 6.93. The van der Waals surface area contributed by atoms with Crippen LogP contribution in [0.1, 0.15) is 44.8 Å². The second-order valence-corrected chi connectivity index (χ2v) is 5.54. The fraction of sp³-hybridized carbons (Fsp3) is 0.769. The Morgan fingerprint density at radius 2 is 2.29 bits per heavy atom. The minimum absolute atomic E-state index is 0.336. The molecule has 17 heavy (non-hydrogen) atoms. The van der Waals surface area contributed by atoms with Crippen LogP contribution in [0.2, 0.25) is 5.02 Å². The minimum Gasteiger partial charge on any atom is -0.308 e. The number of nitrogens with zero attached hydrogens (tertiary/aromatic N) is 2. The largest absolute Gasteiger partial charge is 0.308 e. The Morgan fingerprint density at radius 3 is 2.76 bits per heavy atom. The fourth-order valence-electron chi connectivity index (χ4n) is 2.50. The average Bonchev–Trinajstić information content (AvgIpc) is 3.10. The Balaban J connectivity index is 2.19. The van der Waals surface area contributed by atoms with E-state index in [4.69, 9.17) is 11.6 Å².